The summed E-state index contributed by atoms with van der Waals surface area (Å²) in [7, 11) is -3.10. The van der Waals surface area contributed by atoms with Gasteiger partial charge in [-0.2, -0.15) is 0 Å². The molecule has 1 aromatic rings. The lowest BCUT2D eigenvalue weighted by Gasteiger charge is -2.26. The number of nitrogens with one attached hydrogen (secondary N) is 1. The monoisotopic (exact) mass is 297 g/mol. The van der Waals surface area contributed by atoms with E-state index in [-0.39, 0.29) is 11.2 Å². The second-order valence-electron chi connectivity index (χ2n) is 6.10. The summed E-state index contributed by atoms with van der Waals surface area (Å²) in [5, 5.41) is -0.145. The van der Waals surface area contributed by atoms with Crippen LogP contribution in [-0.2, 0) is 10.0 Å². The van der Waals surface area contributed by atoms with E-state index in [9.17, 15) is 8.42 Å². The highest BCUT2D eigenvalue weighted by atomic mass is 32.2. The molecule has 0 aromatic carbocycles. The van der Waals surface area contributed by atoms with Gasteiger partial charge in [0.15, 0.2) is 0 Å². The number of aromatic amines is 1. The summed E-state index contributed by atoms with van der Waals surface area (Å²) in [6, 6.07) is 0. The third kappa shape index (κ3) is 2.63. The fourth-order valence-electron chi connectivity index (χ4n) is 3.40. The Balaban J connectivity index is 1.69. The molecule has 1 saturated heterocycles. The van der Waals surface area contributed by atoms with E-state index in [2.05, 4.69) is 9.97 Å². The maximum absolute atomic E-state index is 12.7. The second kappa shape index (κ2) is 5.48. The zero-order chi connectivity index (χ0) is 14.2. The molecule has 1 aromatic heterocycles. The molecule has 6 heteroatoms. The summed E-state index contributed by atoms with van der Waals surface area (Å²) in [6.45, 7) is 3.21. The molecule has 3 rings (SSSR count). The number of hydrogen-bond donors (Lipinski definition) is 1. The molecule has 0 spiro atoms. The number of aryl methyl sites for hydroxylation is 1. The standard InChI is InChI=1S/C14H23N3O2S/c1-11-9-15-14(16-11)12-7-8-17(10-12)20(18,19)13-5-3-2-4-6-13/h9,12-13H,2-8,10H2,1H3,(H,15,16)/t12-/m0/s1. The predicted octanol–water partition coefficient (Wildman–Crippen LogP) is 2.17. The van der Waals surface area contributed by atoms with Crippen LogP contribution in [0.15, 0.2) is 6.20 Å². The highest BCUT2D eigenvalue weighted by molar-refractivity contribution is 7.89. The van der Waals surface area contributed by atoms with Crippen LogP contribution < -0.4 is 0 Å². The van der Waals surface area contributed by atoms with Gasteiger partial charge in [-0.25, -0.2) is 17.7 Å². The smallest absolute Gasteiger partial charge is 0.217 e. The third-order valence-electron chi connectivity index (χ3n) is 4.59. The number of nitrogens with zero attached hydrogens (tertiary/aromatic N) is 2. The van der Waals surface area contributed by atoms with Gasteiger partial charge >= 0.3 is 0 Å². The SMILES string of the molecule is Cc1cnc([C@H]2CCN(S(=O)(=O)C3CCCCC3)C2)[nH]1. The molecule has 2 aliphatic rings. The number of sulfonamides is 1. The molecule has 1 aliphatic heterocycles. The van der Waals surface area contributed by atoms with Crippen LogP contribution in [0.5, 0.6) is 0 Å². The largest absolute Gasteiger partial charge is 0.346 e. The minimum Gasteiger partial charge on any atom is -0.346 e. The van der Waals surface area contributed by atoms with Crippen molar-refractivity contribution in [3.8, 4) is 0 Å². The van der Waals surface area contributed by atoms with E-state index in [0.717, 1.165) is 43.6 Å². The van der Waals surface area contributed by atoms with Gasteiger partial charge in [0, 0.05) is 30.9 Å². The van der Waals surface area contributed by atoms with Crippen molar-refractivity contribution < 1.29 is 8.42 Å². The van der Waals surface area contributed by atoms with Gasteiger partial charge in [-0.15, -0.1) is 0 Å². The summed E-state index contributed by atoms with van der Waals surface area (Å²) in [4.78, 5) is 7.59. The Morgan fingerprint density at radius 1 is 1.25 bits per heavy atom. The molecule has 1 aliphatic carbocycles. The van der Waals surface area contributed by atoms with Crippen LogP contribution in [-0.4, -0.2) is 41.0 Å². The minimum absolute atomic E-state index is 0.145. The molecule has 1 saturated carbocycles. The Bertz CT molecular complexity index is 561. The predicted molar refractivity (Wildman–Crippen MR) is 78.0 cm³/mol. The van der Waals surface area contributed by atoms with Crippen molar-refractivity contribution in [2.75, 3.05) is 13.1 Å². The lowest BCUT2D eigenvalue weighted by atomic mass is 10.0. The molecule has 1 N–H and O–H groups in total. The average Bonchev–Trinajstić information content (AvgIpc) is 3.08. The van der Waals surface area contributed by atoms with E-state index in [0.29, 0.717) is 13.1 Å². The van der Waals surface area contributed by atoms with Crippen LogP contribution in [0, 0.1) is 6.92 Å². The first-order valence-corrected chi connectivity index (χ1v) is 9.08. The summed E-state index contributed by atoms with van der Waals surface area (Å²) in [6.07, 6.45) is 7.65. The van der Waals surface area contributed by atoms with Crippen LogP contribution in [0.1, 0.15) is 56.0 Å². The first-order valence-electron chi connectivity index (χ1n) is 7.58. The first kappa shape index (κ1) is 14.1. The van der Waals surface area contributed by atoms with Crippen LogP contribution in [0.4, 0.5) is 0 Å². The number of rotatable bonds is 3. The Morgan fingerprint density at radius 2 is 2.00 bits per heavy atom. The van der Waals surface area contributed by atoms with Gasteiger partial charge in [0.1, 0.15) is 5.82 Å². The normalized spacial score (nSPS) is 26.1. The molecule has 0 amide bonds. The molecule has 2 heterocycles. The Labute approximate surface area is 120 Å². The molecule has 1 atom stereocenters. The molecule has 0 radical (unpaired) electrons. The van der Waals surface area contributed by atoms with E-state index >= 15 is 0 Å². The highest BCUT2D eigenvalue weighted by Gasteiger charge is 2.38. The first-order chi connectivity index (χ1) is 9.57. The number of aromatic nitrogens is 2. The van der Waals surface area contributed by atoms with Crippen LogP contribution in [0.25, 0.3) is 0 Å². The number of hydrogen-bond acceptors (Lipinski definition) is 3. The molecule has 0 bridgehead atoms. The van der Waals surface area contributed by atoms with Crippen molar-refractivity contribution in [1.29, 1.82) is 0 Å². The lowest BCUT2D eigenvalue weighted by molar-refractivity contribution is 0.426. The van der Waals surface area contributed by atoms with Crippen molar-refractivity contribution in [2.24, 2.45) is 0 Å². The highest BCUT2D eigenvalue weighted by Crippen LogP contribution is 2.32. The lowest BCUT2D eigenvalue weighted by Crippen LogP contribution is -2.38. The maximum Gasteiger partial charge on any atom is 0.217 e. The van der Waals surface area contributed by atoms with Crippen molar-refractivity contribution in [3.05, 3.63) is 17.7 Å². The van der Waals surface area contributed by atoms with Crippen LogP contribution in [0.3, 0.4) is 0 Å². The van der Waals surface area contributed by atoms with E-state index in [1.165, 1.54) is 6.42 Å². The quantitative estimate of drug-likeness (QED) is 0.930. The van der Waals surface area contributed by atoms with Crippen LogP contribution >= 0.6 is 0 Å². The second-order valence-corrected chi connectivity index (χ2v) is 8.31. The van der Waals surface area contributed by atoms with Crippen molar-refractivity contribution >= 4 is 10.0 Å². The van der Waals surface area contributed by atoms with Crippen molar-refractivity contribution in [2.45, 2.75) is 56.6 Å². The summed E-state index contributed by atoms with van der Waals surface area (Å²) < 4.78 is 27.0. The fraction of sp³-hybridized carbons (Fsp3) is 0.786. The molecule has 20 heavy (non-hydrogen) atoms. The maximum atomic E-state index is 12.7. The van der Waals surface area contributed by atoms with E-state index in [4.69, 9.17) is 0 Å². The van der Waals surface area contributed by atoms with Crippen LogP contribution in [0.2, 0.25) is 0 Å². The molecular weight excluding hydrogens is 274 g/mol. The van der Waals surface area contributed by atoms with Gasteiger partial charge in [0.05, 0.1) is 5.25 Å². The van der Waals surface area contributed by atoms with Gasteiger partial charge in [-0.1, -0.05) is 19.3 Å². The van der Waals surface area contributed by atoms with Gasteiger partial charge in [0.2, 0.25) is 10.0 Å². The van der Waals surface area contributed by atoms with Crippen molar-refractivity contribution in [3.63, 3.8) is 0 Å². The third-order valence-corrected chi connectivity index (χ3v) is 6.96. The summed E-state index contributed by atoms with van der Waals surface area (Å²) >= 11 is 0. The van der Waals surface area contributed by atoms with Gasteiger partial charge < -0.3 is 4.98 Å². The molecular formula is C14H23N3O2S. The zero-order valence-electron chi connectivity index (χ0n) is 12.0. The number of H-pyrrole nitrogens is 1. The summed E-state index contributed by atoms with van der Waals surface area (Å²) in [5.74, 6) is 1.16. The van der Waals surface area contributed by atoms with Gasteiger partial charge in [0.25, 0.3) is 0 Å². The van der Waals surface area contributed by atoms with E-state index < -0.39 is 10.0 Å². The Morgan fingerprint density at radius 3 is 2.65 bits per heavy atom. The topological polar surface area (TPSA) is 66.1 Å². The van der Waals surface area contributed by atoms with E-state index in [1.807, 2.05) is 13.1 Å². The minimum atomic E-state index is -3.10. The Kier molecular flexibility index (Phi) is 3.86. The molecule has 112 valence electrons. The summed E-state index contributed by atoms with van der Waals surface area (Å²) in [5.41, 5.74) is 1.04. The fourth-order valence-corrected chi connectivity index (χ4v) is 5.50. The average molecular weight is 297 g/mol. The number of imidazole rings is 1. The Hall–Kier alpha value is -0.880. The van der Waals surface area contributed by atoms with E-state index in [1.54, 1.807) is 4.31 Å². The van der Waals surface area contributed by atoms with Gasteiger partial charge in [-0.05, 0) is 26.2 Å². The van der Waals surface area contributed by atoms with Gasteiger partial charge in [-0.3, -0.25) is 0 Å². The molecule has 0 unspecified atom stereocenters. The zero-order valence-corrected chi connectivity index (χ0v) is 12.8. The molecule has 5 nitrogen and oxygen atoms in total. The van der Waals surface area contributed by atoms with Crippen molar-refractivity contribution in [1.82, 2.24) is 14.3 Å². The molecule has 2 fully saturated rings.